The van der Waals surface area contributed by atoms with Gasteiger partial charge in [0.25, 0.3) is 0 Å². The predicted octanol–water partition coefficient (Wildman–Crippen LogP) is -5.04. The zero-order valence-electron chi connectivity index (χ0n) is 16.3. The highest BCUT2D eigenvalue weighted by Gasteiger charge is 2.13. The molecule has 0 aromatic heterocycles. The lowest BCUT2D eigenvalue weighted by molar-refractivity contribution is -0.141. The first-order chi connectivity index (χ1) is 14.0. The Kier molecular flexibility index (Phi) is 24.1. The first kappa shape index (κ1) is 35.1. The molecule has 0 rings (SSSR count). The summed E-state index contributed by atoms with van der Waals surface area (Å²) in [6, 6.07) is -3.35. The van der Waals surface area contributed by atoms with Crippen molar-refractivity contribution < 1.29 is 59.4 Å². The van der Waals surface area contributed by atoms with E-state index in [1.807, 2.05) is 0 Å². The number of hydrogen-bond acceptors (Lipinski definition) is 11. The summed E-state index contributed by atoms with van der Waals surface area (Å²) in [7, 11) is 0. The van der Waals surface area contributed by atoms with Crippen LogP contribution in [0.25, 0.3) is 0 Å². The molecule has 0 saturated heterocycles. The fourth-order valence-electron chi connectivity index (χ4n) is 0.785. The van der Waals surface area contributed by atoms with E-state index in [-0.39, 0.29) is 25.8 Å². The van der Waals surface area contributed by atoms with Crippen LogP contribution in [0, 0.1) is 0 Å². The summed E-state index contributed by atoms with van der Waals surface area (Å²) in [6.07, 6.45) is -0.534. The fourth-order valence-corrected chi connectivity index (χ4v) is 0.785. The van der Waals surface area contributed by atoms with Gasteiger partial charge < -0.3 is 59.3 Å². The molecule has 0 radical (unpaired) electrons. The van der Waals surface area contributed by atoms with Gasteiger partial charge in [-0.15, -0.1) is 0 Å². The molecule has 0 aliphatic carbocycles. The van der Waals surface area contributed by atoms with Crippen molar-refractivity contribution in [1.82, 2.24) is 0 Å². The van der Waals surface area contributed by atoms with E-state index in [4.69, 9.17) is 47.8 Å². The van der Waals surface area contributed by atoms with Crippen LogP contribution in [0.1, 0.15) is 19.3 Å². The molecule has 3 atom stereocenters. The second kappa shape index (κ2) is 21.3. The maximum atomic E-state index is 9.99. The van der Waals surface area contributed by atoms with E-state index in [2.05, 4.69) is 11.5 Å². The second-order valence-corrected chi connectivity index (χ2v) is 5.22. The summed E-state index contributed by atoms with van der Waals surface area (Å²) in [6.45, 7) is -0.782. The molecule has 0 aliphatic heterocycles. The molecule has 31 heavy (non-hydrogen) atoms. The highest BCUT2D eigenvalue weighted by Crippen LogP contribution is 1.93. The summed E-state index contributed by atoms with van der Waals surface area (Å²) in [5.74, 6) is -6.26. The highest BCUT2D eigenvalue weighted by molar-refractivity contribution is 5.83. The number of carboxylic acid groups (broad SMARTS) is 5. The average Bonchev–Trinajstić information content (AvgIpc) is 2.65. The van der Waals surface area contributed by atoms with E-state index in [0.29, 0.717) is 0 Å². The first-order valence-corrected chi connectivity index (χ1v) is 8.01. The van der Waals surface area contributed by atoms with Crippen molar-refractivity contribution in [2.75, 3.05) is 13.2 Å². The van der Waals surface area contributed by atoms with Crippen molar-refractivity contribution >= 4 is 35.8 Å². The number of primary amides is 1. The van der Waals surface area contributed by atoms with Gasteiger partial charge in [-0.25, -0.2) is 0 Å². The van der Waals surface area contributed by atoms with Gasteiger partial charge in [-0.2, -0.15) is 0 Å². The number of rotatable bonds is 10. The van der Waals surface area contributed by atoms with Crippen LogP contribution in [-0.4, -0.2) is 97.7 Å². The SMILES string of the molecule is NC(=O)CC(N)C(=O)O.NC(CCC(=O)O)C(=O)O.NC(CO)C(=O)O.NCC(=O)O. The van der Waals surface area contributed by atoms with Crippen molar-refractivity contribution in [1.29, 1.82) is 0 Å². The van der Waals surface area contributed by atoms with Crippen LogP contribution >= 0.6 is 0 Å². The van der Waals surface area contributed by atoms with Crippen LogP contribution in [-0.2, 0) is 28.8 Å². The normalized spacial score (nSPS) is 11.9. The molecule has 0 aromatic carbocycles. The Hall–Kier alpha value is -3.38. The molecule has 3 unspecified atom stereocenters. The Bertz CT molecular complexity index is 586. The number of aliphatic carboxylic acids is 5. The van der Waals surface area contributed by atoms with E-state index in [1.54, 1.807) is 0 Å². The molecule has 1 amide bonds. The van der Waals surface area contributed by atoms with Gasteiger partial charge in [0, 0.05) is 6.42 Å². The van der Waals surface area contributed by atoms with Gasteiger partial charge in [0.05, 0.1) is 19.6 Å². The molecule has 16 N–H and O–H groups in total. The molecule has 17 nitrogen and oxygen atoms in total. The fraction of sp³-hybridized carbons (Fsp3) is 0.571. The minimum Gasteiger partial charge on any atom is -0.481 e. The maximum Gasteiger partial charge on any atom is 0.322 e. The number of carboxylic acids is 5. The molecule has 182 valence electrons. The van der Waals surface area contributed by atoms with E-state index in [1.165, 1.54) is 0 Å². The third kappa shape index (κ3) is 34.5. The standard InChI is InChI=1S/C5H9NO4.C4H8N2O3.C3H7NO3.C2H5NO2/c6-3(5(9)10)1-2-4(7)8;5-2(4(8)9)1-3(6)7;4-2(1-5)3(6)7;3-1-2(4)5/h3H,1-2,6H2,(H,7,8)(H,9,10);2H,1,5H2,(H2,6,7)(H,8,9);2,5H,1,4H2,(H,6,7);1,3H2,(H,4,5). The molecule has 17 heteroatoms. The second-order valence-electron chi connectivity index (χ2n) is 5.22. The molecular formula is C14H29N5O12. The number of carbonyl (C=O) groups excluding carboxylic acids is 1. The molecular weight excluding hydrogens is 430 g/mol. The van der Waals surface area contributed by atoms with Gasteiger partial charge in [-0.05, 0) is 6.42 Å². The Morgan fingerprint density at radius 2 is 1.03 bits per heavy atom. The Morgan fingerprint density at radius 1 is 0.677 bits per heavy atom. The number of aliphatic hydroxyl groups is 1. The summed E-state index contributed by atoms with van der Waals surface area (Å²) >= 11 is 0. The zero-order chi connectivity index (χ0) is 25.7. The Morgan fingerprint density at radius 3 is 1.16 bits per heavy atom. The lowest BCUT2D eigenvalue weighted by Gasteiger charge is -2.01. The van der Waals surface area contributed by atoms with Crippen LogP contribution < -0.4 is 28.7 Å². The summed E-state index contributed by atoms with van der Waals surface area (Å²) in [4.78, 5) is 58.7. The van der Waals surface area contributed by atoms with Crippen LogP contribution in [0.4, 0.5) is 0 Å². The summed E-state index contributed by atoms with van der Waals surface area (Å²) < 4.78 is 0. The van der Waals surface area contributed by atoms with E-state index in [9.17, 15) is 28.8 Å². The molecule has 0 spiro atoms. The van der Waals surface area contributed by atoms with Gasteiger partial charge in [-0.3, -0.25) is 28.8 Å². The van der Waals surface area contributed by atoms with Crippen LogP contribution in [0.3, 0.4) is 0 Å². The van der Waals surface area contributed by atoms with Crippen LogP contribution in [0.15, 0.2) is 0 Å². The Balaban J connectivity index is -0.000000161. The van der Waals surface area contributed by atoms with Gasteiger partial charge in [0.1, 0.15) is 18.1 Å². The van der Waals surface area contributed by atoms with Crippen molar-refractivity contribution in [3.05, 3.63) is 0 Å². The monoisotopic (exact) mass is 459 g/mol. The van der Waals surface area contributed by atoms with Crippen molar-refractivity contribution in [2.45, 2.75) is 37.4 Å². The zero-order valence-corrected chi connectivity index (χ0v) is 16.3. The van der Waals surface area contributed by atoms with E-state index >= 15 is 0 Å². The summed E-state index contributed by atoms with van der Waals surface area (Å²) in [5.41, 5.74) is 23.9. The van der Waals surface area contributed by atoms with Crippen LogP contribution in [0.5, 0.6) is 0 Å². The number of amides is 1. The molecule has 0 fully saturated rings. The minimum absolute atomic E-state index is 0.0231. The highest BCUT2D eigenvalue weighted by atomic mass is 16.4. The first-order valence-electron chi connectivity index (χ1n) is 8.01. The molecule has 0 heterocycles. The maximum absolute atomic E-state index is 9.99. The van der Waals surface area contributed by atoms with Crippen LogP contribution in [0.2, 0.25) is 0 Å². The van der Waals surface area contributed by atoms with Gasteiger partial charge >= 0.3 is 29.8 Å². The van der Waals surface area contributed by atoms with Crippen molar-refractivity contribution in [3.8, 4) is 0 Å². The van der Waals surface area contributed by atoms with E-state index in [0.717, 1.165) is 0 Å². The number of nitrogens with two attached hydrogens (primary N) is 5. The quantitative estimate of drug-likeness (QED) is 0.145. The third-order valence-corrected chi connectivity index (χ3v) is 2.41. The average molecular weight is 459 g/mol. The minimum atomic E-state index is -1.21. The van der Waals surface area contributed by atoms with Gasteiger partial charge in [0.15, 0.2) is 0 Å². The molecule has 0 aromatic rings. The van der Waals surface area contributed by atoms with Crippen molar-refractivity contribution in [2.24, 2.45) is 28.7 Å². The van der Waals surface area contributed by atoms with E-state index < -0.39 is 60.5 Å². The number of carbonyl (C=O) groups is 6. The molecule has 0 saturated carbocycles. The smallest absolute Gasteiger partial charge is 0.322 e. The third-order valence-electron chi connectivity index (χ3n) is 2.41. The molecule has 0 bridgehead atoms. The Labute approximate surface area is 175 Å². The number of hydrogen-bond donors (Lipinski definition) is 11. The lowest BCUT2D eigenvalue weighted by atomic mass is 10.2. The molecule has 0 aliphatic rings. The van der Waals surface area contributed by atoms with Gasteiger partial charge in [-0.1, -0.05) is 0 Å². The predicted molar refractivity (Wildman–Crippen MR) is 101 cm³/mol. The summed E-state index contributed by atoms with van der Waals surface area (Å²) in [5, 5.41) is 47.9. The largest absolute Gasteiger partial charge is 0.481 e. The lowest BCUT2D eigenvalue weighted by Crippen LogP contribution is -2.34. The van der Waals surface area contributed by atoms with Gasteiger partial charge in [0.2, 0.25) is 5.91 Å². The van der Waals surface area contributed by atoms with Crippen molar-refractivity contribution in [3.63, 3.8) is 0 Å². The topological polar surface area (TPSA) is 354 Å². The number of aliphatic hydroxyl groups excluding tert-OH is 1.